The van der Waals surface area contributed by atoms with Crippen LogP contribution in [-0.2, 0) is 19.7 Å². The number of rotatable bonds is 7. The van der Waals surface area contributed by atoms with E-state index in [1.165, 1.54) is 0 Å². The van der Waals surface area contributed by atoms with Crippen LogP contribution in [0, 0.1) is 6.92 Å². The summed E-state index contributed by atoms with van der Waals surface area (Å²) < 4.78 is 34.2. The van der Waals surface area contributed by atoms with Crippen molar-refractivity contribution in [2.24, 2.45) is 5.10 Å². The molecule has 0 unspecified atom stereocenters. The molecular formula is C24H14N4O9S-4. The number of aliphatic carboxylic acids is 1. The fraction of sp³-hybridized carbons (Fsp3) is 0.0417. The summed E-state index contributed by atoms with van der Waals surface area (Å²) in [6.07, 6.45) is 3.07. The molecule has 1 aliphatic heterocycles. The van der Waals surface area contributed by atoms with Gasteiger partial charge in [0.15, 0.2) is 0 Å². The fourth-order valence-electron chi connectivity index (χ4n) is 3.46. The Balaban J connectivity index is 1.69. The van der Waals surface area contributed by atoms with Crippen LogP contribution in [0.2, 0.25) is 0 Å². The quantitative estimate of drug-likeness (QED) is 0.256. The summed E-state index contributed by atoms with van der Waals surface area (Å²) in [5.74, 6) is -5.30. The predicted molar refractivity (Wildman–Crippen MR) is 124 cm³/mol. The van der Waals surface area contributed by atoms with E-state index in [2.05, 4.69) is 10.2 Å². The van der Waals surface area contributed by atoms with E-state index in [-0.39, 0.29) is 11.3 Å². The van der Waals surface area contributed by atoms with Crippen LogP contribution < -0.4 is 20.3 Å². The molecule has 0 saturated heterocycles. The Kier molecular flexibility index (Phi) is 6.68. The van der Waals surface area contributed by atoms with E-state index in [9.17, 15) is 42.7 Å². The Morgan fingerprint density at radius 1 is 0.947 bits per heavy atom. The maximum absolute atomic E-state index is 12.9. The minimum Gasteiger partial charge on any atom is -0.858 e. The number of carboxylic acids is 2. The van der Waals surface area contributed by atoms with Crippen LogP contribution >= 0.6 is 0 Å². The van der Waals surface area contributed by atoms with Crippen LogP contribution in [0.1, 0.15) is 21.6 Å². The van der Waals surface area contributed by atoms with Crippen LogP contribution in [0.25, 0.3) is 11.8 Å². The number of benzene rings is 2. The molecule has 194 valence electrons. The van der Waals surface area contributed by atoms with Gasteiger partial charge in [-0.2, -0.15) is 15.2 Å². The third-order valence-electron chi connectivity index (χ3n) is 5.32. The summed E-state index contributed by atoms with van der Waals surface area (Å²) in [7, 11) is -4.75. The summed E-state index contributed by atoms with van der Waals surface area (Å²) >= 11 is 0. The summed E-state index contributed by atoms with van der Waals surface area (Å²) in [5, 5.41) is 44.1. The van der Waals surface area contributed by atoms with Gasteiger partial charge in [-0.05, 0) is 55.3 Å². The van der Waals surface area contributed by atoms with Crippen LogP contribution in [-0.4, -0.2) is 46.3 Å². The van der Waals surface area contributed by atoms with Gasteiger partial charge in [-0.1, -0.05) is 29.8 Å². The average molecular weight is 534 g/mol. The molecule has 0 bridgehead atoms. The maximum atomic E-state index is 12.9. The largest absolute Gasteiger partial charge is 0.858 e. The zero-order valence-electron chi connectivity index (χ0n) is 19.2. The zero-order valence-corrected chi connectivity index (χ0v) is 20.0. The van der Waals surface area contributed by atoms with Gasteiger partial charge >= 0.3 is 0 Å². The smallest absolute Gasteiger partial charge is 0.281 e. The molecule has 0 fully saturated rings. The number of nitrogens with zero attached hydrogens (tertiary/aromatic N) is 4. The van der Waals surface area contributed by atoms with E-state index in [0.717, 1.165) is 52.7 Å². The molecule has 38 heavy (non-hydrogen) atoms. The zero-order chi connectivity index (χ0) is 27.8. The second-order valence-corrected chi connectivity index (χ2v) is 9.22. The molecule has 1 aliphatic rings. The first-order valence-electron chi connectivity index (χ1n) is 10.6. The topological polar surface area (TPSA) is 211 Å². The fourth-order valence-corrected chi connectivity index (χ4v) is 3.93. The maximum Gasteiger partial charge on any atom is 0.281 e. The minimum absolute atomic E-state index is 0.0472. The molecule has 2 aromatic carbocycles. The Morgan fingerprint density at radius 3 is 2.11 bits per heavy atom. The highest BCUT2D eigenvalue weighted by Gasteiger charge is 2.31. The third-order valence-corrected chi connectivity index (χ3v) is 6.17. The first-order valence-corrected chi connectivity index (χ1v) is 12.0. The Hall–Kier alpha value is -5.08. The van der Waals surface area contributed by atoms with Crippen molar-refractivity contribution in [3.63, 3.8) is 0 Å². The number of carbonyl (C=O) groups excluding carboxylic acids is 3. The van der Waals surface area contributed by atoms with E-state index < -0.39 is 55.7 Å². The van der Waals surface area contributed by atoms with Gasteiger partial charge in [0, 0.05) is 5.56 Å². The van der Waals surface area contributed by atoms with Crippen molar-refractivity contribution < 1.29 is 42.7 Å². The van der Waals surface area contributed by atoms with Crippen molar-refractivity contribution in [2.45, 2.75) is 11.8 Å². The molecule has 1 aromatic heterocycles. The van der Waals surface area contributed by atoms with Crippen LogP contribution in [0.15, 0.2) is 76.3 Å². The lowest BCUT2D eigenvalue weighted by molar-refractivity contribution is -0.294. The standard InChI is InChI=1S/C24H18N4O9S/c1-13-5-7-14(8-6-13)27-21(29)17(19(25-27)23(31)32)3-2-4-18-20(24(33)34)26-28(22(18)30)15-9-11-16(12-10-15)38(35,36)37/h2-12,29H,1H3,(H,31,32)(H,33,34)(H,35,36,37)/p-4/b3-2+,18-4-. The number of aryl methyl sites for hydroxylation is 1. The van der Waals surface area contributed by atoms with E-state index >= 15 is 0 Å². The van der Waals surface area contributed by atoms with Gasteiger partial charge in [-0.3, -0.25) is 4.79 Å². The van der Waals surface area contributed by atoms with Gasteiger partial charge < -0.3 is 29.5 Å². The Labute approximate surface area is 214 Å². The normalized spacial score (nSPS) is 14.9. The molecular weight excluding hydrogens is 520 g/mol. The van der Waals surface area contributed by atoms with Gasteiger partial charge in [0.05, 0.1) is 33.8 Å². The van der Waals surface area contributed by atoms with E-state index in [4.69, 9.17) is 0 Å². The molecule has 0 spiro atoms. The molecule has 4 rings (SSSR count). The molecule has 0 radical (unpaired) electrons. The summed E-state index contributed by atoms with van der Waals surface area (Å²) in [6.45, 7) is 1.82. The lowest BCUT2D eigenvalue weighted by Gasteiger charge is -2.13. The molecule has 1 amide bonds. The van der Waals surface area contributed by atoms with Gasteiger partial charge in [-0.15, -0.1) is 0 Å². The number of amides is 1. The molecule has 14 heteroatoms. The monoisotopic (exact) mass is 534 g/mol. The van der Waals surface area contributed by atoms with E-state index in [0.29, 0.717) is 10.7 Å². The molecule has 2 heterocycles. The van der Waals surface area contributed by atoms with Crippen molar-refractivity contribution in [1.82, 2.24) is 9.78 Å². The van der Waals surface area contributed by atoms with E-state index in [1.54, 1.807) is 24.3 Å². The van der Waals surface area contributed by atoms with Crippen molar-refractivity contribution in [2.75, 3.05) is 5.01 Å². The number of carbonyl (C=O) groups is 3. The summed E-state index contributed by atoms with van der Waals surface area (Å²) in [4.78, 5) is 35.4. The van der Waals surface area contributed by atoms with Crippen LogP contribution in [0.4, 0.5) is 5.69 Å². The Morgan fingerprint density at radius 2 is 1.55 bits per heavy atom. The first kappa shape index (κ1) is 26.0. The number of anilines is 1. The molecule has 3 aromatic rings. The molecule has 0 saturated carbocycles. The molecule has 13 nitrogen and oxygen atoms in total. The third kappa shape index (κ3) is 4.93. The van der Waals surface area contributed by atoms with Crippen molar-refractivity contribution >= 4 is 45.4 Å². The highest BCUT2D eigenvalue weighted by Crippen LogP contribution is 2.27. The van der Waals surface area contributed by atoms with Crippen LogP contribution in [0.3, 0.4) is 0 Å². The lowest BCUT2D eigenvalue weighted by atomic mass is 10.1. The van der Waals surface area contributed by atoms with Gasteiger partial charge in [0.25, 0.3) is 5.91 Å². The second kappa shape index (κ2) is 9.76. The Bertz CT molecular complexity index is 1670. The molecule has 0 N–H and O–H groups in total. The summed E-state index contributed by atoms with van der Waals surface area (Å²) in [6, 6.07) is 10.5. The lowest BCUT2D eigenvalue weighted by Crippen LogP contribution is -2.32. The minimum atomic E-state index is -4.75. The highest BCUT2D eigenvalue weighted by molar-refractivity contribution is 7.85. The number of aromatic carboxylic acids is 1. The average Bonchev–Trinajstić information content (AvgIpc) is 3.36. The predicted octanol–water partition coefficient (Wildman–Crippen LogP) is -1.39. The van der Waals surface area contributed by atoms with Crippen molar-refractivity contribution in [3.8, 4) is 11.6 Å². The van der Waals surface area contributed by atoms with Gasteiger partial charge in [-0.25, -0.2) is 13.1 Å². The number of hydrogen-bond donors (Lipinski definition) is 0. The highest BCUT2D eigenvalue weighted by atomic mass is 32.2. The molecule has 0 atom stereocenters. The van der Waals surface area contributed by atoms with E-state index in [1.807, 2.05) is 6.92 Å². The first-order chi connectivity index (χ1) is 17.9. The van der Waals surface area contributed by atoms with Crippen molar-refractivity contribution in [3.05, 3.63) is 83.1 Å². The number of hydrazone groups is 1. The number of hydrogen-bond acceptors (Lipinski definition) is 11. The van der Waals surface area contributed by atoms with Crippen LogP contribution in [0.5, 0.6) is 5.88 Å². The summed E-state index contributed by atoms with van der Waals surface area (Å²) in [5.41, 5.74) is -1.17. The number of allylic oxidation sites excluding steroid dienone is 2. The van der Waals surface area contributed by atoms with Crippen molar-refractivity contribution in [1.29, 1.82) is 0 Å². The number of aromatic nitrogens is 2. The number of carboxylic acid groups (broad SMARTS) is 2. The van der Waals surface area contributed by atoms with Gasteiger partial charge in [0.2, 0.25) is 0 Å². The molecule has 0 aliphatic carbocycles. The SMILES string of the molecule is Cc1ccc(-n2nc(C(=O)[O-])c(/C=C/C=C3\C(=O)N(c4ccc(S(=O)(=O)[O-])cc4)N=C3C(=O)[O-])c2[O-])cc1. The second-order valence-electron chi connectivity index (χ2n) is 7.84. The van der Waals surface area contributed by atoms with Gasteiger partial charge in [0.1, 0.15) is 21.5 Å².